The van der Waals surface area contributed by atoms with E-state index in [0.717, 1.165) is 16.8 Å². The summed E-state index contributed by atoms with van der Waals surface area (Å²) >= 11 is 0. The maximum absolute atomic E-state index is 13.2. The zero-order chi connectivity index (χ0) is 22.2. The van der Waals surface area contributed by atoms with Gasteiger partial charge >= 0.3 is 0 Å². The molecule has 0 bridgehead atoms. The fourth-order valence-electron chi connectivity index (χ4n) is 3.85. The van der Waals surface area contributed by atoms with Crippen molar-refractivity contribution in [1.29, 1.82) is 0 Å². The van der Waals surface area contributed by atoms with Gasteiger partial charge in [-0.05, 0) is 62.1 Å². The van der Waals surface area contributed by atoms with Crippen molar-refractivity contribution in [2.75, 3.05) is 30.3 Å². The van der Waals surface area contributed by atoms with Crippen LogP contribution in [0.5, 0.6) is 5.75 Å². The number of rotatable bonds is 4. The largest absolute Gasteiger partial charge is 0.482 e. The Morgan fingerprint density at radius 1 is 1.19 bits per heavy atom. The monoisotopic (exact) mass is 443 g/mol. The first-order valence-electron chi connectivity index (χ1n) is 10.2. The molecule has 31 heavy (non-hydrogen) atoms. The maximum Gasteiger partial charge on any atom is 0.262 e. The number of hydrogen-bond donors (Lipinski definition) is 2. The Balaban J connectivity index is 1.51. The van der Waals surface area contributed by atoms with E-state index in [-0.39, 0.29) is 29.9 Å². The van der Waals surface area contributed by atoms with Gasteiger partial charge in [-0.1, -0.05) is 12.1 Å². The summed E-state index contributed by atoms with van der Waals surface area (Å²) < 4.78 is 33.1. The van der Waals surface area contributed by atoms with Crippen LogP contribution in [0.1, 0.15) is 24.0 Å². The zero-order valence-electron chi connectivity index (χ0n) is 17.5. The third-order valence-corrected chi connectivity index (χ3v) is 7.49. The van der Waals surface area contributed by atoms with Gasteiger partial charge in [0.25, 0.3) is 5.91 Å². The SMILES string of the molecule is Cc1ccc(C)c(NC(=O)[C@@H]2CCCN(S(=O)(=O)c3ccc4c(c3)NC(=O)CO4)C2)c1. The van der Waals surface area contributed by atoms with Crippen molar-refractivity contribution in [2.24, 2.45) is 5.92 Å². The molecule has 0 unspecified atom stereocenters. The van der Waals surface area contributed by atoms with E-state index < -0.39 is 15.9 Å². The average molecular weight is 444 g/mol. The van der Waals surface area contributed by atoms with Gasteiger partial charge in [0.05, 0.1) is 16.5 Å². The molecule has 0 aromatic heterocycles. The first-order chi connectivity index (χ1) is 14.7. The van der Waals surface area contributed by atoms with Crippen LogP contribution >= 0.6 is 0 Å². The van der Waals surface area contributed by atoms with E-state index >= 15 is 0 Å². The van der Waals surface area contributed by atoms with Gasteiger partial charge in [0.1, 0.15) is 5.75 Å². The van der Waals surface area contributed by atoms with Crippen LogP contribution in [0, 0.1) is 19.8 Å². The Hall–Kier alpha value is -2.91. The van der Waals surface area contributed by atoms with Crippen LogP contribution in [-0.4, -0.2) is 44.2 Å². The molecule has 1 atom stereocenters. The summed E-state index contributed by atoms with van der Waals surface area (Å²) in [5, 5.41) is 5.58. The van der Waals surface area contributed by atoms with E-state index in [1.165, 1.54) is 22.5 Å². The zero-order valence-corrected chi connectivity index (χ0v) is 18.3. The molecule has 0 saturated carbocycles. The second kappa shape index (κ2) is 8.32. The molecule has 0 aliphatic carbocycles. The van der Waals surface area contributed by atoms with Gasteiger partial charge in [-0.25, -0.2) is 8.42 Å². The molecule has 1 saturated heterocycles. The molecule has 2 aliphatic heterocycles. The molecule has 9 heteroatoms. The average Bonchev–Trinajstić information content (AvgIpc) is 2.75. The first kappa shape index (κ1) is 21.3. The molecule has 8 nitrogen and oxygen atoms in total. The number of anilines is 2. The number of carbonyl (C=O) groups is 2. The minimum absolute atomic E-state index is 0.0626. The van der Waals surface area contributed by atoms with Crippen LogP contribution in [0.25, 0.3) is 0 Å². The molecule has 2 aromatic carbocycles. The molecule has 2 aromatic rings. The van der Waals surface area contributed by atoms with Gasteiger partial charge in [0.15, 0.2) is 6.61 Å². The highest BCUT2D eigenvalue weighted by Gasteiger charge is 2.34. The van der Waals surface area contributed by atoms with E-state index in [1.54, 1.807) is 0 Å². The van der Waals surface area contributed by atoms with Crippen LogP contribution in [-0.2, 0) is 19.6 Å². The van der Waals surface area contributed by atoms with E-state index in [9.17, 15) is 18.0 Å². The lowest BCUT2D eigenvalue weighted by Gasteiger charge is -2.31. The number of fused-ring (bicyclic) bond motifs is 1. The number of ether oxygens (including phenoxy) is 1. The molecular weight excluding hydrogens is 418 g/mol. The van der Waals surface area contributed by atoms with E-state index in [0.29, 0.717) is 30.8 Å². The molecule has 1 fully saturated rings. The molecule has 2 N–H and O–H groups in total. The number of carbonyl (C=O) groups excluding carboxylic acids is 2. The number of piperidine rings is 1. The van der Waals surface area contributed by atoms with Gasteiger partial charge in [0.2, 0.25) is 15.9 Å². The number of hydrogen-bond acceptors (Lipinski definition) is 5. The summed E-state index contributed by atoms with van der Waals surface area (Å²) in [6.45, 7) is 4.23. The van der Waals surface area contributed by atoms with Crippen molar-refractivity contribution < 1.29 is 22.7 Å². The maximum atomic E-state index is 13.2. The highest BCUT2D eigenvalue weighted by Crippen LogP contribution is 2.32. The number of nitrogens with zero attached hydrogens (tertiary/aromatic N) is 1. The van der Waals surface area contributed by atoms with Crippen LogP contribution in [0.4, 0.5) is 11.4 Å². The van der Waals surface area contributed by atoms with Crippen LogP contribution in [0.3, 0.4) is 0 Å². The number of aryl methyl sites for hydroxylation is 2. The highest BCUT2D eigenvalue weighted by atomic mass is 32.2. The Morgan fingerprint density at radius 2 is 2.00 bits per heavy atom. The Bertz CT molecular complexity index is 1150. The summed E-state index contributed by atoms with van der Waals surface area (Å²) in [6.07, 6.45) is 1.21. The molecule has 2 amide bonds. The fourth-order valence-corrected chi connectivity index (χ4v) is 5.40. The van der Waals surface area contributed by atoms with Gasteiger partial charge in [-0.3, -0.25) is 9.59 Å². The standard InChI is InChI=1S/C22H25N3O5S/c1-14-5-6-15(2)18(10-14)24-22(27)16-4-3-9-25(12-16)31(28,29)17-7-8-20-19(11-17)23-21(26)13-30-20/h5-8,10-11,16H,3-4,9,12-13H2,1-2H3,(H,23,26)(H,24,27)/t16-/m1/s1. The summed E-state index contributed by atoms with van der Waals surface area (Å²) in [4.78, 5) is 24.5. The van der Waals surface area contributed by atoms with Crippen molar-refractivity contribution in [2.45, 2.75) is 31.6 Å². The molecule has 4 rings (SSSR count). The molecule has 2 heterocycles. The van der Waals surface area contributed by atoms with Crippen LogP contribution in [0.2, 0.25) is 0 Å². The fraction of sp³-hybridized carbons (Fsp3) is 0.364. The first-order valence-corrected chi connectivity index (χ1v) is 11.6. The second-order valence-electron chi connectivity index (χ2n) is 8.00. The Kier molecular flexibility index (Phi) is 5.72. The van der Waals surface area contributed by atoms with Crippen molar-refractivity contribution in [3.8, 4) is 5.75 Å². The summed E-state index contributed by atoms with van der Waals surface area (Å²) in [7, 11) is -3.82. The third-order valence-electron chi connectivity index (χ3n) is 5.63. The van der Waals surface area contributed by atoms with Crippen molar-refractivity contribution in [1.82, 2.24) is 4.31 Å². The van der Waals surface area contributed by atoms with Crippen LogP contribution < -0.4 is 15.4 Å². The van der Waals surface area contributed by atoms with Crippen molar-refractivity contribution >= 4 is 33.2 Å². The Morgan fingerprint density at radius 3 is 2.81 bits per heavy atom. The molecule has 0 spiro atoms. The molecule has 0 radical (unpaired) electrons. The molecular formula is C22H25N3O5S. The summed E-state index contributed by atoms with van der Waals surface area (Å²) in [5.74, 6) is -0.519. The minimum Gasteiger partial charge on any atom is -0.482 e. The van der Waals surface area contributed by atoms with E-state index in [1.807, 2.05) is 32.0 Å². The summed E-state index contributed by atoms with van der Waals surface area (Å²) in [5.41, 5.74) is 3.07. The van der Waals surface area contributed by atoms with Gasteiger partial charge in [-0.2, -0.15) is 4.31 Å². The number of sulfonamides is 1. The molecule has 2 aliphatic rings. The topological polar surface area (TPSA) is 105 Å². The number of benzene rings is 2. The predicted octanol–water partition coefficient (Wildman–Crippen LogP) is 2.67. The third kappa shape index (κ3) is 4.42. The Labute approximate surface area is 181 Å². The lowest BCUT2D eigenvalue weighted by atomic mass is 9.98. The molecule has 164 valence electrons. The second-order valence-corrected chi connectivity index (χ2v) is 9.94. The van der Waals surface area contributed by atoms with Crippen LogP contribution in [0.15, 0.2) is 41.3 Å². The summed E-state index contributed by atoms with van der Waals surface area (Å²) in [6, 6.07) is 10.2. The van der Waals surface area contributed by atoms with Crippen molar-refractivity contribution in [3.63, 3.8) is 0 Å². The highest BCUT2D eigenvalue weighted by molar-refractivity contribution is 7.89. The van der Waals surface area contributed by atoms with E-state index in [4.69, 9.17) is 4.74 Å². The smallest absolute Gasteiger partial charge is 0.262 e. The quantitative estimate of drug-likeness (QED) is 0.756. The lowest BCUT2D eigenvalue weighted by Crippen LogP contribution is -2.43. The van der Waals surface area contributed by atoms with Gasteiger partial charge < -0.3 is 15.4 Å². The lowest BCUT2D eigenvalue weighted by molar-refractivity contribution is -0.121. The van der Waals surface area contributed by atoms with Gasteiger partial charge in [-0.15, -0.1) is 0 Å². The number of nitrogens with one attached hydrogen (secondary N) is 2. The normalized spacial score (nSPS) is 19.2. The predicted molar refractivity (Wildman–Crippen MR) is 117 cm³/mol. The van der Waals surface area contributed by atoms with Gasteiger partial charge in [0, 0.05) is 18.8 Å². The minimum atomic E-state index is -3.82. The van der Waals surface area contributed by atoms with Crippen molar-refractivity contribution in [3.05, 3.63) is 47.5 Å². The van der Waals surface area contributed by atoms with E-state index in [2.05, 4.69) is 10.6 Å². The number of amides is 2.